The van der Waals surface area contributed by atoms with E-state index in [1.807, 2.05) is 0 Å². The molecule has 2 N–H and O–H groups in total. The molecule has 134 valence electrons. The van der Waals surface area contributed by atoms with Gasteiger partial charge in [0, 0.05) is 10.0 Å². The van der Waals surface area contributed by atoms with Crippen LogP contribution in [-0.2, 0) is 21.2 Å². The summed E-state index contributed by atoms with van der Waals surface area (Å²) in [6.07, 6.45) is 1.18. The molecule has 2 aromatic carbocycles. The number of rotatable bonds is 6. The predicted octanol–water partition coefficient (Wildman–Crippen LogP) is 3.78. The van der Waals surface area contributed by atoms with Crippen molar-refractivity contribution in [2.24, 2.45) is 0 Å². The summed E-state index contributed by atoms with van der Waals surface area (Å²) in [6.45, 7) is 1.78. The zero-order chi connectivity index (χ0) is 18.6. The molecule has 0 aromatic heterocycles. The lowest BCUT2D eigenvalue weighted by Crippen LogP contribution is -2.29. The lowest BCUT2D eigenvalue weighted by Gasteiger charge is -2.18. The molecule has 1 amide bonds. The van der Waals surface area contributed by atoms with Crippen LogP contribution in [0.2, 0.25) is 10.0 Å². The lowest BCUT2D eigenvalue weighted by molar-refractivity contribution is -0.121. The van der Waals surface area contributed by atoms with E-state index in [1.165, 1.54) is 0 Å². The Bertz CT molecular complexity index is 885. The van der Waals surface area contributed by atoms with Crippen LogP contribution in [0.25, 0.3) is 0 Å². The first-order valence-corrected chi connectivity index (χ1v) is 10.1. The molecule has 0 aliphatic rings. The summed E-state index contributed by atoms with van der Waals surface area (Å²) >= 11 is 11.9. The Hall–Kier alpha value is -1.76. The van der Waals surface area contributed by atoms with Crippen molar-refractivity contribution in [2.75, 3.05) is 11.0 Å². The van der Waals surface area contributed by atoms with Crippen molar-refractivity contribution in [1.82, 2.24) is 5.32 Å². The molecule has 0 aliphatic heterocycles. The third-order valence-corrected chi connectivity index (χ3v) is 4.64. The molecule has 0 bridgehead atoms. The summed E-state index contributed by atoms with van der Waals surface area (Å²) in [5.74, 6) is -0.231. The Kier molecular flexibility index (Phi) is 6.32. The molecule has 0 aliphatic carbocycles. The smallest absolute Gasteiger partial charge is 0.229 e. The summed E-state index contributed by atoms with van der Waals surface area (Å²) < 4.78 is 25.4. The van der Waals surface area contributed by atoms with Gasteiger partial charge in [-0.1, -0.05) is 47.5 Å². The number of para-hydroxylation sites is 1. The van der Waals surface area contributed by atoms with Gasteiger partial charge in [-0.15, -0.1) is 0 Å². The molecular formula is C17H18Cl2N2O3S. The van der Waals surface area contributed by atoms with E-state index >= 15 is 0 Å². The Balaban J connectivity index is 2.11. The van der Waals surface area contributed by atoms with Crippen molar-refractivity contribution in [2.45, 2.75) is 19.4 Å². The van der Waals surface area contributed by atoms with Gasteiger partial charge in [0.1, 0.15) is 0 Å². The van der Waals surface area contributed by atoms with Gasteiger partial charge < -0.3 is 5.32 Å². The first-order valence-electron chi connectivity index (χ1n) is 7.45. The number of hydrogen-bond acceptors (Lipinski definition) is 3. The van der Waals surface area contributed by atoms with E-state index in [9.17, 15) is 13.2 Å². The van der Waals surface area contributed by atoms with E-state index in [-0.39, 0.29) is 18.4 Å². The fraction of sp³-hybridized carbons (Fsp3) is 0.235. The summed E-state index contributed by atoms with van der Waals surface area (Å²) in [5.41, 5.74) is 1.77. The van der Waals surface area contributed by atoms with Gasteiger partial charge in [-0.2, -0.15) is 0 Å². The normalized spacial score (nSPS) is 12.5. The number of nitrogens with one attached hydrogen (secondary N) is 2. The first-order chi connectivity index (χ1) is 11.7. The van der Waals surface area contributed by atoms with Crippen molar-refractivity contribution in [3.63, 3.8) is 0 Å². The van der Waals surface area contributed by atoms with E-state index in [4.69, 9.17) is 23.2 Å². The SMILES string of the molecule is CC(NC(=O)Cc1ccc(Cl)cc1Cl)c1ccccc1NS(C)(=O)=O. The third kappa shape index (κ3) is 5.92. The fourth-order valence-electron chi connectivity index (χ4n) is 2.38. The maximum absolute atomic E-state index is 12.3. The fourth-order valence-corrected chi connectivity index (χ4v) is 3.44. The highest BCUT2D eigenvalue weighted by molar-refractivity contribution is 7.92. The van der Waals surface area contributed by atoms with Crippen molar-refractivity contribution < 1.29 is 13.2 Å². The monoisotopic (exact) mass is 400 g/mol. The van der Waals surface area contributed by atoms with Gasteiger partial charge in [0.05, 0.1) is 24.4 Å². The van der Waals surface area contributed by atoms with E-state index in [2.05, 4.69) is 10.0 Å². The number of benzene rings is 2. The molecule has 8 heteroatoms. The Labute approximate surface area is 157 Å². The quantitative estimate of drug-likeness (QED) is 0.774. The molecule has 0 spiro atoms. The molecule has 0 saturated heterocycles. The summed E-state index contributed by atoms with van der Waals surface area (Å²) in [5, 5.41) is 3.78. The van der Waals surface area contributed by atoms with Crippen LogP contribution < -0.4 is 10.0 Å². The number of halogens is 2. The van der Waals surface area contributed by atoms with Crippen LogP contribution in [0.1, 0.15) is 24.1 Å². The zero-order valence-electron chi connectivity index (χ0n) is 13.7. The Morgan fingerprint density at radius 2 is 1.84 bits per heavy atom. The van der Waals surface area contributed by atoms with Crippen LogP contribution in [0.3, 0.4) is 0 Å². The van der Waals surface area contributed by atoms with Gasteiger partial charge in [0.2, 0.25) is 15.9 Å². The molecule has 0 heterocycles. The van der Waals surface area contributed by atoms with Gasteiger partial charge in [-0.3, -0.25) is 9.52 Å². The average molecular weight is 401 g/mol. The minimum Gasteiger partial charge on any atom is -0.349 e. The maximum Gasteiger partial charge on any atom is 0.229 e. The number of hydrogen-bond donors (Lipinski definition) is 2. The molecule has 0 saturated carbocycles. The van der Waals surface area contributed by atoms with Crippen LogP contribution in [-0.4, -0.2) is 20.6 Å². The number of amides is 1. The van der Waals surface area contributed by atoms with Crippen molar-refractivity contribution in [3.8, 4) is 0 Å². The second kappa shape index (κ2) is 8.08. The Morgan fingerprint density at radius 1 is 1.16 bits per heavy atom. The van der Waals surface area contributed by atoms with E-state index < -0.39 is 10.0 Å². The van der Waals surface area contributed by atoms with Crippen LogP contribution in [0.4, 0.5) is 5.69 Å². The van der Waals surface area contributed by atoms with E-state index in [0.717, 1.165) is 6.26 Å². The van der Waals surface area contributed by atoms with Crippen LogP contribution in [0.5, 0.6) is 0 Å². The molecule has 1 atom stereocenters. The van der Waals surface area contributed by atoms with E-state index in [0.29, 0.717) is 26.9 Å². The molecule has 2 aromatic rings. The maximum atomic E-state index is 12.3. The highest BCUT2D eigenvalue weighted by atomic mass is 35.5. The summed E-state index contributed by atoms with van der Waals surface area (Å²) in [7, 11) is -3.41. The molecule has 2 rings (SSSR count). The molecular weight excluding hydrogens is 383 g/mol. The topological polar surface area (TPSA) is 75.3 Å². The number of carbonyl (C=O) groups excluding carboxylic acids is 1. The minimum absolute atomic E-state index is 0.0992. The summed E-state index contributed by atoms with van der Waals surface area (Å²) in [6, 6.07) is 11.5. The van der Waals surface area contributed by atoms with Crippen LogP contribution in [0, 0.1) is 0 Å². The van der Waals surface area contributed by atoms with Gasteiger partial charge >= 0.3 is 0 Å². The second-order valence-electron chi connectivity index (χ2n) is 5.66. The van der Waals surface area contributed by atoms with Crippen molar-refractivity contribution in [1.29, 1.82) is 0 Å². The highest BCUT2D eigenvalue weighted by Gasteiger charge is 2.16. The number of carbonyl (C=O) groups is 1. The van der Waals surface area contributed by atoms with Gasteiger partial charge in [0.15, 0.2) is 0 Å². The van der Waals surface area contributed by atoms with Crippen molar-refractivity contribution in [3.05, 3.63) is 63.6 Å². The molecule has 1 unspecified atom stereocenters. The average Bonchev–Trinajstić information content (AvgIpc) is 2.49. The summed E-state index contributed by atoms with van der Waals surface area (Å²) in [4.78, 5) is 12.3. The minimum atomic E-state index is -3.41. The van der Waals surface area contributed by atoms with Crippen molar-refractivity contribution >= 4 is 44.8 Å². The van der Waals surface area contributed by atoms with Crippen LogP contribution >= 0.6 is 23.2 Å². The molecule has 0 fully saturated rings. The predicted molar refractivity (Wildman–Crippen MR) is 102 cm³/mol. The second-order valence-corrected chi connectivity index (χ2v) is 8.26. The third-order valence-electron chi connectivity index (χ3n) is 3.47. The van der Waals surface area contributed by atoms with E-state index in [1.54, 1.807) is 49.4 Å². The highest BCUT2D eigenvalue weighted by Crippen LogP contribution is 2.24. The largest absolute Gasteiger partial charge is 0.349 e. The zero-order valence-corrected chi connectivity index (χ0v) is 16.0. The molecule has 0 radical (unpaired) electrons. The first kappa shape index (κ1) is 19.6. The van der Waals surface area contributed by atoms with Crippen LogP contribution in [0.15, 0.2) is 42.5 Å². The molecule has 5 nitrogen and oxygen atoms in total. The van der Waals surface area contributed by atoms with Gasteiger partial charge in [-0.05, 0) is 36.2 Å². The number of anilines is 1. The Morgan fingerprint density at radius 3 is 2.48 bits per heavy atom. The standard InChI is InChI=1S/C17H18Cl2N2O3S/c1-11(14-5-3-4-6-16(14)21-25(2,23)24)20-17(22)9-12-7-8-13(18)10-15(12)19/h3-8,10-11,21H,9H2,1-2H3,(H,20,22). The molecule has 25 heavy (non-hydrogen) atoms. The lowest BCUT2D eigenvalue weighted by atomic mass is 10.1. The number of sulfonamides is 1. The van der Waals surface area contributed by atoms with Gasteiger partial charge in [-0.25, -0.2) is 8.42 Å². The van der Waals surface area contributed by atoms with Gasteiger partial charge in [0.25, 0.3) is 0 Å².